The summed E-state index contributed by atoms with van der Waals surface area (Å²) in [5.74, 6) is -0.0248. The van der Waals surface area contributed by atoms with E-state index < -0.39 is 49.6 Å². The highest BCUT2D eigenvalue weighted by Crippen LogP contribution is 2.48. The van der Waals surface area contributed by atoms with Crippen LogP contribution in [0.15, 0.2) is 52.5 Å². The lowest BCUT2D eigenvalue weighted by Crippen LogP contribution is -2.45. The van der Waals surface area contributed by atoms with Crippen molar-refractivity contribution in [2.75, 3.05) is 31.3 Å². The second-order valence-corrected chi connectivity index (χ2v) is 12.5. The zero-order valence-electron chi connectivity index (χ0n) is 22.3. The molecule has 5 atom stereocenters. The molecule has 0 amide bonds. The van der Waals surface area contributed by atoms with E-state index in [2.05, 4.69) is 20.1 Å². The number of nitrogen functional groups attached to an aromatic ring is 1. The first-order valence-corrected chi connectivity index (χ1v) is 14.8. The zero-order chi connectivity index (χ0) is 30.3. The van der Waals surface area contributed by atoms with Gasteiger partial charge in [0.25, 0.3) is 0 Å². The van der Waals surface area contributed by atoms with Crippen LogP contribution in [0, 0.1) is 5.41 Å². The van der Waals surface area contributed by atoms with E-state index in [1.807, 2.05) is 0 Å². The number of carbonyl (C=O) groups is 1. The van der Waals surface area contributed by atoms with E-state index in [0.29, 0.717) is 0 Å². The van der Waals surface area contributed by atoms with Gasteiger partial charge >= 0.3 is 13.4 Å². The molecule has 16 nitrogen and oxygen atoms in total. The fraction of sp³-hybridized carbons (Fsp3) is 0.522. The first-order chi connectivity index (χ1) is 19.4. The second kappa shape index (κ2) is 13.9. The van der Waals surface area contributed by atoms with Gasteiger partial charge in [-0.15, -0.1) is 0 Å². The number of hydrogen-bond acceptors (Lipinski definition) is 13. The highest BCUT2D eigenvalue weighted by atomic mass is 32.2. The molecule has 3 rings (SSSR count). The van der Waals surface area contributed by atoms with E-state index in [9.17, 15) is 35.0 Å². The molecular weight excluding hydrogens is 581 g/mol. The van der Waals surface area contributed by atoms with Crippen molar-refractivity contribution in [1.29, 1.82) is 0 Å². The number of azide groups is 1. The van der Waals surface area contributed by atoms with E-state index in [-0.39, 0.29) is 36.4 Å². The Bertz CT molecular complexity index is 1360. The minimum absolute atomic E-state index is 0.0252. The van der Waals surface area contributed by atoms with Gasteiger partial charge < -0.3 is 25.8 Å². The van der Waals surface area contributed by atoms with Crippen molar-refractivity contribution in [3.05, 3.63) is 69.1 Å². The first-order valence-electron chi connectivity index (χ1n) is 12.3. The van der Waals surface area contributed by atoms with E-state index >= 15 is 0 Å². The highest BCUT2D eigenvalue weighted by molar-refractivity contribution is 8.13. The molecule has 2 heterocycles. The van der Waals surface area contributed by atoms with Crippen LogP contribution >= 0.6 is 19.5 Å². The molecule has 1 aliphatic rings. The number of carbonyl (C=O) groups excluding carboxylic acids is 1. The maximum Gasteiger partial charge on any atom is 0.405 e. The van der Waals surface area contributed by atoms with Crippen LogP contribution in [0.5, 0.6) is 0 Å². The molecule has 6 N–H and O–H groups in total. The zero-order valence-corrected chi connectivity index (χ0v) is 24.0. The summed E-state index contributed by atoms with van der Waals surface area (Å²) in [5.41, 5.74) is 11.2. The van der Waals surface area contributed by atoms with Crippen molar-refractivity contribution in [3.8, 4) is 0 Å². The van der Waals surface area contributed by atoms with Gasteiger partial charge in [0, 0.05) is 23.4 Å². The summed E-state index contributed by atoms with van der Waals surface area (Å²) in [6.45, 7) is 1.73. The van der Waals surface area contributed by atoms with Crippen molar-refractivity contribution in [3.63, 3.8) is 0 Å². The summed E-state index contributed by atoms with van der Waals surface area (Å²) in [5, 5.41) is 36.7. The molecule has 1 saturated heterocycles. The van der Waals surface area contributed by atoms with E-state index in [0.717, 1.165) is 21.9 Å². The van der Waals surface area contributed by atoms with Gasteiger partial charge in [-0.2, -0.15) is 4.98 Å². The lowest BCUT2D eigenvalue weighted by atomic mass is 9.97. The average molecular weight is 614 g/mol. The largest absolute Gasteiger partial charge is 0.405 e. The number of aromatic nitrogens is 2. The Balaban J connectivity index is 1.78. The highest BCUT2D eigenvalue weighted by Gasteiger charge is 2.56. The molecule has 0 spiro atoms. The number of anilines is 1. The Kier molecular flexibility index (Phi) is 11.1. The van der Waals surface area contributed by atoms with Crippen molar-refractivity contribution in [1.82, 2.24) is 14.6 Å². The smallest absolute Gasteiger partial charge is 0.395 e. The second-order valence-electron chi connectivity index (χ2n) is 9.62. The molecule has 2 aromatic rings. The Hall–Kier alpha value is -2.82. The lowest BCUT2D eigenvalue weighted by molar-refractivity contribution is -0.122. The van der Waals surface area contributed by atoms with E-state index in [4.69, 9.17) is 19.5 Å². The number of hydrogen-bond donors (Lipinski definition) is 5. The number of nitrogens with two attached hydrogens (primary N) is 1. The van der Waals surface area contributed by atoms with Gasteiger partial charge in [-0.1, -0.05) is 47.2 Å². The van der Waals surface area contributed by atoms with Gasteiger partial charge in [-0.05, 0) is 31.0 Å². The van der Waals surface area contributed by atoms with Crippen molar-refractivity contribution < 1.29 is 38.5 Å². The normalized spacial score (nSPS) is 24.0. The predicted molar refractivity (Wildman–Crippen MR) is 148 cm³/mol. The van der Waals surface area contributed by atoms with Gasteiger partial charge in [0.2, 0.25) is 5.72 Å². The molecule has 1 aromatic heterocycles. The summed E-state index contributed by atoms with van der Waals surface area (Å²) in [6, 6.07) is 10.1. The summed E-state index contributed by atoms with van der Waals surface area (Å²) in [4.78, 5) is 30.8. The number of nitrogens with one attached hydrogen (secondary N) is 1. The van der Waals surface area contributed by atoms with Gasteiger partial charge in [0.15, 0.2) is 11.3 Å². The quantitative estimate of drug-likeness (QED) is 0.0664. The molecule has 18 heteroatoms. The standard InChI is InChI=1S/C23H32N7O9PS/c1-22(2,13-31)20(34)41-11-10-37-40(36,26-12-15-6-4-3-5-7-15)38-14-23(28-29-25)18(33)17(32)19(39-23)30-9-8-16(24)27-21(30)35/h3-9,17-19,31-33H,10-14H2,1-2H3,(H,26,36)(H2,24,27,35)/t17-,18?,19+,23+,40?/m0/s1. The number of rotatable bonds is 14. The van der Waals surface area contributed by atoms with Gasteiger partial charge in [0.1, 0.15) is 18.0 Å². The molecule has 2 unspecified atom stereocenters. The first kappa shape index (κ1) is 32.7. The van der Waals surface area contributed by atoms with Gasteiger partial charge in [-0.25, -0.2) is 14.4 Å². The number of benzene rings is 1. The summed E-state index contributed by atoms with van der Waals surface area (Å²) in [6.07, 6.45) is -4.11. The minimum Gasteiger partial charge on any atom is -0.395 e. The predicted octanol–water partition coefficient (Wildman–Crippen LogP) is 1.29. The fourth-order valence-corrected chi connectivity index (χ4v) is 5.81. The number of ether oxygens (including phenoxy) is 1. The molecule has 0 radical (unpaired) electrons. The summed E-state index contributed by atoms with van der Waals surface area (Å²) in [7, 11) is -4.24. The Labute approximate surface area is 239 Å². The number of aliphatic hydroxyl groups excluding tert-OH is 3. The minimum atomic E-state index is -4.24. The van der Waals surface area contributed by atoms with Crippen LogP contribution in [0.2, 0.25) is 0 Å². The molecule has 1 fully saturated rings. The Morgan fingerprint density at radius 1 is 1.34 bits per heavy atom. The van der Waals surface area contributed by atoms with Crippen LogP contribution < -0.4 is 16.5 Å². The van der Waals surface area contributed by atoms with Gasteiger partial charge in [-0.3, -0.25) is 18.4 Å². The molecule has 0 aliphatic carbocycles. The molecule has 1 aliphatic heterocycles. The van der Waals surface area contributed by atoms with Crippen LogP contribution in [0.25, 0.3) is 10.4 Å². The topological polar surface area (TPSA) is 244 Å². The maximum atomic E-state index is 13.7. The lowest BCUT2D eigenvalue weighted by Gasteiger charge is -2.29. The van der Waals surface area contributed by atoms with Crippen molar-refractivity contribution in [2.24, 2.45) is 10.5 Å². The van der Waals surface area contributed by atoms with Crippen LogP contribution in [0.1, 0.15) is 25.6 Å². The molecule has 224 valence electrons. The Morgan fingerprint density at radius 2 is 2.05 bits per heavy atom. The SMILES string of the molecule is CC(C)(CO)C(=O)SCCOP(=O)(NCc1ccccc1)OC[C@@]1(N=[N+]=[N-])O[C@@H](n2ccc(N)nc2=O)[C@@H](O)C1O. The maximum absolute atomic E-state index is 13.7. The molecule has 0 bridgehead atoms. The third kappa shape index (κ3) is 8.14. The number of nitrogens with zero attached hydrogens (tertiary/aromatic N) is 5. The third-order valence-electron chi connectivity index (χ3n) is 6.03. The Morgan fingerprint density at radius 3 is 2.68 bits per heavy atom. The van der Waals surface area contributed by atoms with Crippen molar-refractivity contribution in [2.45, 2.75) is 44.6 Å². The van der Waals surface area contributed by atoms with E-state index in [1.54, 1.807) is 44.2 Å². The van der Waals surface area contributed by atoms with Crippen molar-refractivity contribution >= 4 is 30.4 Å². The number of aliphatic hydroxyl groups is 3. The molecule has 41 heavy (non-hydrogen) atoms. The van der Waals surface area contributed by atoms with Gasteiger partial charge in [0.05, 0.1) is 25.2 Å². The average Bonchev–Trinajstić information content (AvgIpc) is 3.19. The summed E-state index contributed by atoms with van der Waals surface area (Å²) < 4.78 is 31.3. The molecule has 1 aromatic carbocycles. The third-order valence-corrected chi connectivity index (χ3v) is 8.75. The van der Waals surface area contributed by atoms with Crippen LogP contribution in [-0.2, 0) is 29.7 Å². The van der Waals surface area contributed by atoms with Crippen LogP contribution in [-0.4, -0.2) is 73.5 Å². The fourth-order valence-electron chi connectivity index (χ4n) is 3.56. The summed E-state index contributed by atoms with van der Waals surface area (Å²) >= 11 is 0.875. The van der Waals surface area contributed by atoms with E-state index in [1.165, 1.54) is 12.3 Å². The monoisotopic (exact) mass is 613 g/mol. The molecular formula is C23H32N7O9PS. The number of thioether (sulfide) groups is 1. The molecule has 0 saturated carbocycles. The van der Waals surface area contributed by atoms with Crippen LogP contribution in [0.4, 0.5) is 5.82 Å². The van der Waals surface area contributed by atoms with Crippen LogP contribution in [0.3, 0.4) is 0 Å².